The van der Waals surface area contributed by atoms with Crippen LogP contribution in [0.5, 0.6) is 5.75 Å². The first-order valence-electron chi connectivity index (χ1n) is 9.57. The van der Waals surface area contributed by atoms with Gasteiger partial charge >= 0.3 is 0 Å². The van der Waals surface area contributed by atoms with Crippen LogP contribution in [0.2, 0.25) is 0 Å². The quantitative estimate of drug-likeness (QED) is 0.604. The van der Waals surface area contributed by atoms with E-state index in [2.05, 4.69) is 0 Å². The molecule has 3 aromatic rings. The SMILES string of the molecule is CCCN1C(=O)C(O)=C(C(=O)c2cc3cccc(OC)c3o2)C1c1ccccc1F. The second-order valence-electron chi connectivity index (χ2n) is 7.00. The Morgan fingerprint density at radius 1 is 1.23 bits per heavy atom. The van der Waals surface area contributed by atoms with Crippen molar-refractivity contribution in [2.24, 2.45) is 0 Å². The van der Waals surface area contributed by atoms with Crippen LogP contribution in [-0.4, -0.2) is 35.4 Å². The predicted molar refractivity (Wildman–Crippen MR) is 108 cm³/mol. The molecule has 4 rings (SSSR count). The smallest absolute Gasteiger partial charge is 0.290 e. The van der Waals surface area contributed by atoms with Gasteiger partial charge < -0.3 is 19.2 Å². The van der Waals surface area contributed by atoms with E-state index in [1.807, 2.05) is 6.92 Å². The zero-order valence-electron chi connectivity index (χ0n) is 16.5. The second-order valence-corrected chi connectivity index (χ2v) is 7.00. The van der Waals surface area contributed by atoms with Gasteiger partial charge in [0.25, 0.3) is 5.91 Å². The van der Waals surface area contributed by atoms with E-state index in [1.54, 1.807) is 24.3 Å². The molecule has 2 aromatic carbocycles. The van der Waals surface area contributed by atoms with Crippen molar-refractivity contribution >= 4 is 22.7 Å². The molecule has 7 heteroatoms. The van der Waals surface area contributed by atoms with Crippen molar-refractivity contribution in [3.05, 3.63) is 77.0 Å². The maximum atomic E-state index is 14.6. The molecule has 30 heavy (non-hydrogen) atoms. The fourth-order valence-corrected chi connectivity index (χ4v) is 3.82. The molecule has 1 N–H and O–H groups in total. The maximum Gasteiger partial charge on any atom is 0.290 e. The number of para-hydroxylation sites is 1. The number of ketones is 1. The third kappa shape index (κ3) is 3.03. The Hall–Kier alpha value is -3.61. The summed E-state index contributed by atoms with van der Waals surface area (Å²) in [5, 5.41) is 11.2. The normalized spacial score (nSPS) is 16.6. The molecule has 1 unspecified atom stereocenters. The number of benzene rings is 2. The zero-order chi connectivity index (χ0) is 21.4. The molecule has 0 spiro atoms. The van der Waals surface area contributed by atoms with E-state index >= 15 is 0 Å². The molecule has 0 bridgehead atoms. The minimum atomic E-state index is -1.04. The molecule has 154 valence electrons. The average molecular weight is 409 g/mol. The lowest BCUT2D eigenvalue weighted by atomic mass is 9.94. The highest BCUT2D eigenvalue weighted by Crippen LogP contribution is 2.41. The van der Waals surface area contributed by atoms with Crippen molar-refractivity contribution in [3.8, 4) is 5.75 Å². The minimum absolute atomic E-state index is 0.0662. The number of carbonyl (C=O) groups is 2. The highest BCUT2D eigenvalue weighted by Gasteiger charge is 2.45. The topological polar surface area (TPSA) is 80.0 Å². The first-order chi connectivity index (χ1) is 14.5. The summed E-state index contributed by atoms with van der Waals surface area (Å²) in [5.41, 5.74) is 0.317. The molecule has 1 aliphatic heterocycles. The monoisotopic (exact) mass is 409 g/mol. The van der Waals surface area contributed by atoms with E-state index in [4.69, 9.17) is 9.15 Å². The molecule has 0 saturated heterocycles. The van der Waals surface area contributed by atoms with Crippen LogP contribution in [0.1, 0.15) is 35.5 Å². The van der Waals surface area contributed by atoms with Crippen molar-refractivity contribution in [1.82, 2.24) is 4.90 Å². The molecular formula is C23H20FNO5. The maximum absolute atomic E-state index is 14.6. The molecule has 0 saturated carbocycles. The van der Waals surface area contributed by atoms with Crippen molar-refractivity contribution in [2.75, 3.05) is 13.7 Å². The Kier molecular flexibility index (Phi) is 5.03. The van der Waals surface area contributed by atoms with Crippen LogP contribution in [0, 0.1) is 5.82 Å². The van der Waals surface area contributed by atoms with Gasteiger partial charge in [-0.05, 0) is 24.6 Å². The van der Waals surface area contributed by atoms with Crippen molar-refractivity contribution < 1.29 is 28.2 Å². The number of amides is 1. The predicted octanol–water partition coefficient (Wildman–Crippen LogP) is 4.57. The molecule has 1 aromatic heterocycles. The number of nitrogens with zero attached hydrogens (tertiary/aromatic N) is 1. The Morgan fingerprint density at radius 2 is 2.00 bits per heavy atom. The van der Waals surface area contributed by atoms with Gasteiger partial charge in [-0.25, -0.2) is 4.39 Å². The summed E-state index contributed by atoms with van der Waals surface area (Å²) >= 11 is 0. The Bertz CT molecular complexity index is 1180. The van der Waals surface area contributed by atoms with Gasteiger partial charge in [0.15, 0.2) is 22.9 Å². The van der Waals surface area contributed by atoms with E-state index in [0.717, 1.165) is 0 Å². The number of halogens is 1. The number of fused-ring (bicyclic) bond motifs is 1. The van der Waals surface area contributed by atoms with E-state index in [0.29, 0.717) is 23.1 Å². The fraction of sp³-hybridized carbons (Fsp3) is 0.217. The number of hydrogen-bond acceptors (Lipinski definition) is 5. The van der Waals surface area contributed by atoms with Gasteiger partial charge in [0.05, 0.1) is 18.7 Å². The van der Waals surface area contributed by atoms with Crippen LogP contribution >= 0.6 is 0 Å². The van der Waals surface area contributed by atoms with Crippen LogP contribution in [0.3, 0.4) is 0 Å². The summed E-state index contributed by atoms with van der Waals surface area (Å²) in [5.74, 6) is -2.25. The van der Waals surface area contributed by atoms with Gasteiger partial charge in [0.1, 0.15) is 5.82 Å². The van der Waals surface area contributed by atoms with Crippen molar-refractivity contribution in [2.45, 2.75) is 19.4 Å². The molecule has 1 atom stereocenters. The summed E-state index contributed by atoms with van der Waals surface area (Å²) < 4.78 is 25.6. The molecule has 1 amide bonds. The molecule has 0 radical (unpaired) electrons. The molecule has 2 heterocycles. The van der Waals surface area contributed by atoms with E-state index < -0.39 is 29.3 Å². The van der Waals surface area contributed by atoms with Gasteiger partial charge in [-0.15, -0.1) is 0 Å². The number of methoxy groups -OCH3 is 1. The second kappa shape index (κ2) is 7.67. The fourth-order valence-electron chi connectivity index (χ4n) is 3.82. The molecule has 1 aliphatic rings. The van der Waals surface area contributed by atoms with E-state index in [9.17, 15) is 19.1 Å². The third-order valence-corrected chi connectivity index (χ3v) is 5.16. The number of aliphatic hydroxyl groups excluding tert-OH is 1. The number of Topliss-reactive ketones (excluding diaryl/α,β-unsaturated/α-hetero) is 1. The molecule has 0 fully saturated rings. The Morgan fingerprint density at radius 3 is 2.70 bits per heavy atom. The summed E-state index contributed by atoms with van der Waals surface area (Å²) in [6.45, 7) is 2.11. The number of ether oxygens (including phenoxy) is 1. The summed E-state index contributed by atoms with van der Waals surface area (Å²) in [7, 11) is 1.49. The molecule has 6 nitrogen and oxygen atoms in total. The van der Waals surface area contributed by atoms with E-state index in [1.165, 1.54) is 36.3 Å². The molecule has 0 aliphatic carbocycles. The lowest BCUT2D eigenvalue weighted by molar-refractivity contribution is -0.129. The van der Waals surface area contributed by atoms with Gasteiger partial charge in [-0.1, -0.05) is 37.3 Å². The lowest BCUT2D eigenvalue weighted by Gasteiger charge is -2.26. The van der Waals surface area contributed by atoms with Crippen LogP contribution < -0.4 is 4.74 Å². The van der Waals surface area contributed by atoms with Crippen LogP contribution in [0.15, 0.2) is 64.3 Å². The van der Waals surface area contributed by atoms with Crippen LogP contribution in [0.25, 0.3) is 11.0 Å². The third-order valence-electron chi connectivity index (χ3n) is 5.16. The molecular weight excluding hydrogens is 389 g/mol. The summed E-state index contributed by atoms with van der Waals surface area (Å²) in [6.07, 6.45) is 0.577. The zero-order valence-corrected chi connectivity index (χ0v) is 16.5. The van der Waals surface area contributed by atoms with Crippen molar-refractivity contribution in [3.63, 3.8) is 0 Å². The first-order valence-corrected chi connectivity index (χ1v) is 9.57. The average Bonchev–Trinajstić information content (AvgIpc) is 3.29. The van der Waals surface area contributed by atoms with Gasteiger partial charge in [0.2, 0.25) is 5.78 Å². The largest absolute Gasteiger partial charge is 0.503 e. The van der Waals surface area contributed by atoms with Crippen LogP contribution in [-0.2, 0) is 4.79 Å². The number of rotatable bonds is 6. The number of hydrogen-bond donors (Lipinski definition) is 1. The summed E-state index contributed by atoms with van der Waals surface area (Å²) in [4.78, 5) is 27.4. The Labute approximate surface area is 172 Å². The highest BCUT2D eigenvalue weighted by molar-refractivity contribution is 6.16. The van der Waals surface area contributed by atoms with Gasteiger partial charge in [-0.3, -0.25) is 9.59 Å². The standard InChI is InChI=1S/C23H20FNO5/c1-3-11-25-19(14-8-4-5-9-15(14)24)18(21(27)23(25)28)20(26)17-12-13-7-6-10-16(29-2)22(13)30-17/h4-10,12,19,27H,3,11H2,1-2H3. The van der Waals surface area contributed by atoms with Gasteiger partial charge in [0, 0.05) is 17.5 Å². The summed E-state index contributed by atoms with van der Waals surface area (Å²) in [6, 6.07) is 11.6. The van der Waals surface area contributed by atoms with Crippen LogP contribution in [0.4, 0.5) is 4.39 Å². The van der Waals surface area contributed by atoms with Crippen molar-refractivity contribution in [1.29, 1.82) is 0 Å². The Balaban J connectivity index is 1.85. The number of furan rings is 1. The van der Waals surface area contributed by atoms with E-state index in [-0.39, 0.29) is 23.4 Å². The number of aliphatic hydroxyl groups is 1. The number of carbonyl (C=O) groups excluding carboxylic acids is 2. The lowest BCUT2D eigenvalue weighted by Crippen LogP contribution is -2.32. The van der Waals surface area contributed by atoms with Gasteiger partial charge in [-0.2, -0.15) is 0 Å². The highest BCUT2D eigenvalue weighted by atomic mass is 19.1. The minimum Gasteiger partial charge on any atom is -0.503 e. The first kappa shape index (κ1) is 19.7.